The van der Waals surface area contributed by atoms with E-state index < -0.39 is 0 Å². The second-order valence-electron chi connectivity index (χ2n) is 3.23. The molecule has 2 aromatic rings. The van der Waals surface area contributed by atoms with E-state index in [2.05, 4.69) is 9.97 Å². The van der Waals surface area contributed by atoms with Crippen LogP contribution in [0.5, 0.6) is 0 Å². The number of carbonyl (C=O) groups excluding carboxylic acids is 1. The fourth-order valence-electron chi connectivity index (χ4n) is 1.34. The van der Waals surface area contributed by atoms with Crippen molar-refractivity contribution in [1.29, 1.82) is 0 Å². The van der Waals surface area contributed by atoms with Gasteiger partial charge in [0.25, 0.3) is 0 Å². The van der Waals surface area contributed by atoms with E-state index >= 15 is 0 Å². The fourth-order valence-corrected chi connectivity index (χ4v) is 1.34. The van der Waals surface area contributed by atoms with Gasteiger partial charge in [0.2, 0.25) is 5.78 Å². The Hall–Kier alpha value is -2.03. The number of hydrogen-bond acceptors (Lipinski definition) is 3. The largest absolute Gasteiger partial charge is 0.287 e. The van der Waals surface area contributed by atoms with E-state index in [0.29, 0.717) is 11.3 Å². The zero-order valence-corrected chi connectivity index (χ0v) is 8.34. The average molecular weight is 198 g/mol. The molecular weight excluding hydrogens is 188 g/mol. The predicted molar refractivity (Wildman–Crippen MR) is 56.6 cm³/mol. The summed E-state index contributed by atoms with van der Waals surface area (Å²) in [5, 5.41) is 0. The van der Waals surface area contributed by atoms with E-state index in [1.165, 1.54) is 0 Å². The maximum Gasteiger partial charge on any atom is 0.213 e. The molecule has 2 heterocycles. The molecule has 15 heavy (non-hydrogen) atoms. The van der Waals surface area contributed by atoms with Gasteiger partial charge in [-0.15, -0.1) is 0 Å². The maximum atomic E-state index is 12.0. The van der Waals surface area contributed by atoms with Gasteiger partial charge in [0.15, 0.2) is 0 Å². The monoisotopic (exact) mass is 198 g/mol. The average Bonchev–Trinajstić information content (AvgIpc) is 2.30. The number of pyridine rings is 2. The highest BCUT2D eigenvalue weighted by atomic mass is 16.1. The van der Waals surface area contributed by atoms with Crippen LogP contribution in [0.15, 0.2) is 42.9 Å². The standard InChI is InChI=1S/C12H10N2O/c1-9-5-7-13-8-10(9)12(15)11-4-2-3-6-14-11/h2-8H,1H3. The lowest BCUT2D eigenvalue weighted by Gasteiger charge is -2.02. The highest BCUT2D eigenvalue weighted by Gasteiger charge is 2.11. The quantitative estimate of drug-likeness (QED) is 0.693. The van der Waals surface area contributed by atoms with E-state index in [1.807, 2.05) is 13.0 Å². The van der Waals surface area contributed by atoms with E-state index in [1.54, 1.807) is 36.8 Å². The van der Waals surface area contributed by atoms with E-state index in [0.717, 1.165) is 5.56 Å². The molecule has 0 radical (unpaired) electrons. The highest BCUT2D eigenvalue weighted by Crippen LogP contribution is 2.10. The molecule has 0 spiro atoms. The molecule has 0 atom stereocenters. The van der Waals surface area contributed by atoms with Crippen molar-refractivity contribution in [2.45, 2.75) is 6.92 Å². The zero-order valence-electron chi connectivity index (χ0n) is 8.34. The van der Waals surface area contributed by atoms with Crippen LogP contribution in [0.2, 0.25) is 0 Å². The smallest absolute Gasteiger partial charge is 0.213 e. The molecule has 0 bridgehead atoms. The van der Waals surface area contributed by atoms with Gasteiger partial charge in [0.05, 0.1) is 0 Å². The number of nitrogens with zero attached hydrogens (tertiary/aromatic N) is 2. The fraction of sp³-hybridized carbons (Fsp3) is 0.0833. The summed E-state index contributed by atoms with van der Waals surface area (Å²) in [4.78, 5) is 19.9. The minimum atomic E-state index is -0.0822. The third-order valence-electron chi connectivity index (χ3n) is 2.18. The van der Waals surface area contributed by atoms with Gasteiger partial charge in [-0.3, -0.25) is 14.8 Å². The van der Waals surface area contributed by atoms with Crippen molar-refractivity contribution >= 4 is 5.78 Å². The second kappa shape index (κ2) is 4.00. The molecule has 2 rings (SSSR count). The van der Waals surface area contributed by atoms with Crippen LogP contribution in [0.3, 0.4) is 0 Å². The summed E-state index contributed by atoms with van der Waals surface area (Å²) in [5.74, 6) is -0.0822. The Morgan fingerprint density at radius 2 is 2.07 bits per heavy atom. The molecule has 2 aromatic heterocycles. The second-order valence-corrected chi connectivity index (χ2v) is 3.23. The van der Waals surface area contributed by atoms with Gasteiger partial charge in [0, 0.05) is 24.2 Å². The first-order chi connectivity index (χ1) is 7.29. The van der Waals surface area contributed by atoms with Gasteiger partial charge < -0.3 is 0 Å². The number of hydrogen-bond donors (Lipinski definition) is 0. The number of ketones is 1. The summed E-state index contributed by atoms with van der Waals surface area (Å²) in [6.45, 7) is 1.89. The molecule has 0 saturated carbocycles. The Kier molecular flexibility index (Phi) is 2.54. The number of carbonyl (C=O) groups is 1. The van der Waals surface area contributed by atoms with Crippen LogP contribution < -0.4 is 0 Å². The van der Waals surface area contributed by atoms with Gasteiger partial charge in [-0.1, -0.05) is 6.07 Å². The van der Waals surface area contributed by atoms with Crippen LogP contribution in [-0.4, -0.2) is 15.8 Å². The van der Waals surface area contributed by atoms with E-state index in [9.17, 15) is 4.79 Å². The lowest BCUT2D eigenvalue weighted by molar-refractivity contribution is 0.103. The summed E-state index contributed by atoms with van der Waals surface area (Å²) >= 11 is 0. The Labute approximate surface area is 87.8 Å². The summed E-state index contributed by atoms with van der Waals surface area (Å²) in [7, 11) is 0. The third-order valence-corrected chi connectivity index (χ3v) is 2.18. The molecule has 0 aliphatic rings. The van der Waals surface area contributed by atoms with Crippen LogP contribution in [-0.2, 0) is 0 Å². The third kappa shape index (κ3) is 1.91. The SMILES string of the molecule is Cc1ccncc1C(=O)c1ccccn1. The maximum absolute atomic E-state index is 12.0. The molecular formula is C12H10N2O. The minimum Gasteiger partial charge on any atom is -0.287 e. The first kappa shape index (κ1) is 9.52. The van der Waals surface area contributed by atoms with Crippen molar-refractivity contribution in [2.24, 2.45) is 0 Å². The van der Waals surface area contributed by atoms with Crippen LogP contribution in [0.4, 0.5) is 0 Å². The predicted octanol–water partition coefficient (Wildman–Crippen LogP) is 2.02. The molecule has 0 aromatic carbocycles. The van der Waals surface area contributed by atoms with Crippen molar-refractivity contribution in [1.82, 2.24) is 9.97 Å². The molecule has 74 valence electrons. The Morgan fingerprint density at radius 1 is 1.20 bits per heavy atom. The lowest BCUT2D eigenvalue weighted by Crippen LogP contribution is -2.05. The summed E-state index contributed by atoms with van der Waals surface area (Å²) in [6, 6.07) is 7.10. The van der Waals surface area contributed by atoms with Crippen LogP contribution in [0.25, 0.3) is 0 Å². The van der Waals surface area contributed by atoms with Crippen LogP contribution in [0.1, 0.15) is 21.6 Å². The summed E-state index contributed by atoms with van der Waals surface area (Å²) in [6.07, 6.45) is 4.86. The van der Waals surface area contributed by atoms with Crippen molar-refractivity contribution in [3.05, 3.63) is 59.7 Å². The van der Waals surface area contributed by atoms with Gasteiger partial charge in [-0.05, 0) is 30.7 Å². The topological polar surface area (TPSA) is 42.9 Å². The Morgan fingerprint density at radius 3 is 2.73 bits per heavy atom. The van der Waals surface area contributed by atoms with Crippen LogP contribution >= 0.6 is 0 Å². The first-order valence-corrected chi connectivity index (χ1v) is 4.65. The van der Waals surface area contributed by atoms with Gasteiger partial charge in [-0.2, -0.15) is 0 Å². The van der Waals surface area contributed by atoms with Crippen molar-refractivity contribution in [3.63, 3.8) is 0 Å². The number of aromatic nitrogens is 2. The molecule has 3 heteroatoms. The molecule has 3 nitrogen and oxygen atoms in total. The lowest BCUT2D eigenvalue weighted by atomic mass is 10.1. The summed E-state index contributed by atoms with van der Waals surface area (Å²) in [5.41, 5.74) is 1.98. The summed E-state index contributed by atoms with van der Waals surface area (Å²) < 4.78 is 0. The normalized spacial score (nSPS) is 9.93. The minimum absolute atomic E-state index is 0.0822. The number of aryl methyl sites for hydroxylation is 1. The first-order valence-electron chi connectivity index (χ1n) is 4.65. The molecule has 0 saturated heterocycles. The van der Waals surface area contributed by atoms with Gasteiger partial charge in [-0.25, -0.2) is 0 Å². The molecule has 0 amide bonds. The van der Waals surface area contributed by atoms with Gasteiger partial charge >= 0.3 is 0 Å². The van der Waals surface area contributed by atoms with Crippen molar-refractivity contribution in [2.75, 3.05) is 0 Å². The molecule has 0 unspecified atom stereocenters. The Balaban J connectivity index is 2.42. The zero-order chi connectivity index (χ0) is 10.7. The van der Waals surface area contributed by atoms with Crippen molar-refractivity contribution in [3.8, 4) is 0 Å². The molecule has 0 fully saturated rings. The number of rotatable bonds is 2. The Bertz CT molecular complexity index is 480. The van der Waals surface area contributed by atoms with E-state index in [4.69, 9.17) is 0 Å². The van der Waals surface area contributed by atoms with Crippen LogP contribution in [0, 0.1) is 6.92 Å². The molecule has 0 N–H and O–H groups in total. The van der Waals surface area contributed by atoms with Crippen molar-refractivity contribution < 1.29 is 4.79 Å². The molecule has 0 aliphatic carbocycles. The van der Waals surface area contributed by atoms with Gasteiger partial charge in [0.1, 0.15) is 5.69 Å². The molecule has 0 aliphatic heterocycles. The highest BCUT2D eigenvalue weighted by molar-refractivity contribution is 6.08. The van der Waals surface area contributed by atoms with E-state index in [-0.39, 0.29) is 5.78 Å².